The molecule has 0 aromatic carbocycles. The van der Waals surface area contributed by atoms with Gasteiger partial charge in [0.05, 0.1) is 0 Å². The summed E-state index contributed by atoms with van der Waals surface area (Å²) in [5.74, 6) is 0. The van der Waals surface area contributed by atoms with Crippen molar-refractivity contribution in [2.45, 2.75) is 76.3 Å². The van der Waals surface area contributed by atoms with Crippen LogP contribution in [0, 0.1) is 0 Å². The van der Waals surface area contributed by atoms with E-state index in [9.17, 15) is 14.4 Å². The number of aromatic amines is 1. The van der Waals surface area contributed by atoms with Crippen LogP contribution in [0.5, 0.6) is 0 Å². The summed E-state index contributed by atoms with van der Waals surface area (Å²) in [6.07, 6.45) is 9.89. The topological polar surface area (TPSA) is 76.9 Å². The summed E-state index contributed by atoms with van der Waals surface area (Å²) in [5, 5.41) is 0. The molecule has 0 amide bonds. The number of H-pyrrole nitrogens is 1. The fourth-order valence-corrected chi connectivity index (χ4v) is 3.82. The molecule has 2 fully saturated rings. The van der Waals surface area contributed by atoms with Crippen molar-refractivity contribution in [1.29, 1.82) is 0 Å². The summed E-state index contributed by atoms with van der Waals surface area (Å²) in [5.41, 5.74) is -1.48. The SMILES string of the molecule is O=c1[nH]c(=O)n(C2CCCCC2)c(=O)n1C1CCCCC1. The molecule has 0 atom stereocenters. The fourth-order valence-electron chi connectivity index (χ4n) is 3.82. The average Bonchev–Trinajstić information content (AvgIpc) is 2.49. The maximum Gasteiger partial charge on any atom is 0.336 e. The summed E-state index contributed by atoms with van der Waals surface area (Å²) in [6.45, 7) is 0. The lowest BCUT2D eigenvalue weighted by molar-refractivity contribution is 0.287. The fraction of sp³-hybridized carbons (Fsp3) is 0.800. The first kappa shape index (κ1) is 14.4. The summed E-state index contributed by atoms with van der Waals surface area (Å²) in [7, 11) is 0. The van der Waals surface area contributed by atoms with E-state index in [0.717, 1.165) is 64.2 Å². The van der Waals surface area contributed by atoms with E-state index >= 15 is 0 Å². The molecule has 116 valence electrons. The second-order valence-corrected chi connectivity index (χ2v) is 6.34. The Bertz CT molecular complexity index is 605. The Kier molecular flexibility index (Phi) is 4.12. The van der Waals surface area contributed by atoms with Crippen LogP contribution in [0.1, 0.15) is 76.3 Å². The van der Waals surface area contributed by atoms with Gasteiger partial charge in [0.1, 0.15) is 0 Å². The van der Waals surface area contributed by atoms with Crippen LogP contribution >= 0.6 is 0 Å². The molecule has 1 aromatic heterocycles. The van der Waals surface area contributed by atoms with E-state index in [0.29, 0.717) is 0 Å². The molecule has 0 unspecified atom stereocenters. The van der Waals surface area contributed by atoms with Gasteiger partial charge in [-0.05, 0) is 25.7 Å². The van der Waals surface area contributed by atoms with E-state index < -0.39 is 17.1 Å². The highest BCUT2D eigenvalue weighted by Crippen LogP contribution is 2.27. The third-order valence-electron chi connectivity index (χ3n) is 4.94. The van der Waals surface area contributed by atoms with E-state index in [1.165, 1.54) is 9.13 Å². The van der Waals surface area contributed by atoms with Crippen LogP contribution in [-0.2, 0) is 0 Å². The molecule has 0 bridgehead atoms. The lowest BCUT2D eigenvalue weighted by Crippen LogP contribution is -2.52. The van der Waals surface area contributed by atoms with Gasteiger partial charge in [0, 0.05) is 12.1 Å². The largest absolute Gasteiger partial charge is 0.336 e. The molecule has 21 heavy (non-hydrogen) atoms. The molecule has 0 radical (unpaired) electrons. The standard InChI is InChI=1S/C15H23N3O3/c19-13-16-14(20)18(12-9-5-2-6-10-12)15(21)17(13)11-7-3-1-4-8-11/h11-12H,1-10H2,(H,16,19,20). The van der Waals surface area contributed by atoms with Gasteiger partial charge in [-0.15, -0.1) is 0 Å². The van der Waals surface area contributed by atoms with Gasteiger partial charge >= 0.3 is 17.1 Å². The maximum absolute atomic E-state index is 12.7. The Morgan fingerprint density at radius 3 is 1.43 bits per heavy atom. The Labute approximate surface area is 122 Å². The Morgan fingerprint density at radius 2 is 1.05 bits per heavy atom. The van der Waals surface area contributed by atoms with E-state index in [4.69, 9.17) is 0 Å². The summed E-state index contributed by atoms with van der Waals surface area (Å²) in [4.78, 5) is 39.3. The minimum atomic E-state index is -0.538. The van der Waals surface area contributed by atoms with Crippen molar-refractivity contribution in [3.8, 4) is 0 Å². The zero-order valence-corrected chi connectivity index (χ0v) is 12.3. The lowest BCUT2D eigenvalue weighted by Gasteiger charge is -2.26. The molecule has 2 aliphatic carbocycles. The van der Waals surface area contributed by atoms with Crippen molar-refractivity contribution < 1.29 is 0 Å². The number of hydrogen-bond acceptors (Lipinski definition) is 3. The first-order valence-electron chi connectivity index (χ1n) is 8.16. The van der Waals surface area contributed by atoms with Gasteiger partial charge in [-0.2, -0.15) is 0 Å². The van der Waals surface area contributed by atoms with E-state index in [-0.39, 0.29) is 12.1 Å². The first-order chi connectivity index (χ1) is 10.2. The highest BCUT2D eigenvalue weighted by atomic mass is 16.2. The molecule has 1 N–H and O–H groups in total. The third-order valence-corrected chi connectivity index (χ3v) is 4.94. The normalized spacial score (nSPS) is 21.5. The maximum atomic E-state index is 12.7. The Balaban J connectivity index is 2.06. The summed E-state index contributed by atoms with van der Waals surface area (Å²) >= 11 is 0. The monoisotopic (exact) mass is 293 g/mol. The molecule has 1 aromatic rings. The quantitative estimate of drug-likeness (QED) is 0.901. The molecular weight excluding hydrogens is 270 g/mol. The van der Waals surface area contributed by atoms with Gasteiger partial charge < -0.3 is 0 Å². The van der Waals surface area contributed by atoms with Crippen LogP contribution in [0.3, 0.4) is 0 Å². The van der Waals surface area contributed by atoms with Crippen LogP contribution in [0.2, 0.25) is 0 Å². The molecule has 3 rings (SSSR count). The van der Waals surface area contributed by atoms with Crippen molar-refractivity contribution in [1.82, 2.24) is 14.1 Å². The van der Waals surface area contributed by atoms with Crippen LogP contribution < -0.4 is 17.1 Å². The first-order valence-corrected chi connectivity index (χ1v) is 8.16. The zero-order chi connectivity index (χ0) is 14.8. The van der Waals surface area contributed by atoms with Gasteiger partial charge in [-0.3, -0.25) is 4.98 Å². The number of aromatic nitrogens is 3. The van der Waals surface area contributed by atoms with Crippen molar-refractivity contribution >= 4 is 0 Å². The molecule has 6 heteroatoms. The minimum absolute atomic E-state index is 0.0505. The third kappa shape index (κ3) is 2.76. The molecular formula is C15H23N3O3. The van der Waals surface area contributed by atoms with Crippen molar-refractivity contribution in [2.75, 3.05) is 0 Å². The van der Waals surface area contributed by atoms with Crippen LogP contribution in [0.4, 0.5) is 0 Å². The highest BCUT2D eigenvalue weighted by Gasteiger charge is 2.25. The van der Waals surface area contributed by atoms with Crippen LogP contribution in [0.15, 0.2) is 14.4 Å². The number of hydrogen-bond donors (Lipinski definition) is 1. The van der Waals surface area contributed by atoms with E-state index in [2.05, 4.69) is 4.98 Å². The smallest absolute Gasteiger partial charge is 0.259 e. The van der Waals surface area contributed by atoms with Gasteiger partial charge in [-0.1, -0.05) is 38.5 Å². The van der Waals surface area contributed by atoms with Gasteiger partial charge in [0.25, 0.3) is 0 Å². The molecule has 6 nitrogen and oxygen atoms in total. The molecule has 0 spiro atoms. The predicted molar refractivity (Wildman–Crippen MR) is 79.8 cm³/mol. The van der Waals surface area contributed by atoms with Gasteiger partial charge in [0.15, 0.2) is 0 Å². The number of nitrogens with one attached hydrogen (secondary N) is 1. The highest BCUT2D eigenvalue weighted by molar-refractivity contribution is 4.85. The van der Waals surface area contributed by atoms with Gasteiger partial charge in [-0.25, -0.2) is 23.5 Å². The zero-order valence-electron chi connectivity index (χ0n) is 12.3. The van der Waals surface area contributed by atoms with Crippen molar-refractivity contribution in [3.63, 3.8) is 0 Å². The lowest BCUT2D eigenvalue weighted by atomic mass is 9.95. The Morgan fingerprint density at radius 1 is 0.667 bits per heavy atom. The van der Waals surface area contributed by atoms with E-state index in [1.807, 2.05) is 0 Å². The van der Waals surface area contributed by atoms with Gasteiger partial charge in [0.2, 0.25) is 0 Å². The molecule has 0 saturated heterocycles. The van der Waals surface area contributed by atoms with Crippen molar-refractivity contribution in [3.05, 3.63) is 31.5 Å². The summed E-state index contributed by atoms with van der Waals surface area (Å²) in [6, 6.07) is -0.101. The predicted octanol–water partition coefficient (Wildman–Crippen LogP) is 1.71. The molecule has 2 saturated carbocycles. The molecule has 0 aliphatic heterocycles. The van der Waals surface area contributed by atoms with Crippen molar-refractivity contribution in [2.24, 2.45) is 0 Å². The number of nitrogens with zero attached hydrogens (tertiary/aromatic N) is 2. The van der Waals surface area contributed by atoms with Crippen LogP contribution in [0.25, 0.3) is 0 Å². The molecule has 2 aliphatic rings. The molecule has 1 heterocycles. The summed E-state index contributed by atoms with van der Waals surface area (Å²) < 4.78 is 2.60. The second-order valence-electron chi connectivity index (χ2n) is 6.34. The average molecular weight is 293 g/mol. The van der Waals surface area contributed by atoms with E-state index in [1.54, 1.807) is 0 Å². The minimum Gasteiger partial charge on any atom is -0.259 e. The Hall–Kier alpha value is -1.59. The number of rotatable bonds is 2. The van der Waals surface area contributed by atoms with Crippen LogP contribution in [-0.4, -0.2) is 14.1 Å². The second kappa shape index (κ2) is 6.03.